The number of nitro benzene ring substituents is 2. The molecule has 0 bridgehead atoms. The maximum absolute atomic E-state index is 12.9. The number of aromatic nitrogens is 2. The Hall–Kier alpha value is -12.2. The van der Waals surface area contributed by atoms with Crippen LogP contribution >= 0.6 is 46.4 Å². The van der Waals surface area contributed by atoms with Crippen molar-refractivity contribution >= 4 is 187 Å². The maximum Gasteiger partial charge on any atom is 0.346 e. The number of fused-ring (bicyclic) bond motifs is 4. The van der Waals surface area contributed by atoms with Crippen molar-refractivity contribution in [3.05, 3.63) is 302 Å². The number of halogens is 4. The SMILES string of the molecule is Nc1cc(Cl)ccc1N1C(=O)c2cccc3cccc(c23)C1=O.Nc1ccc(Cl)cc1[N+](=O)[O-].O=C1OC(=O)c2cccc3cccc1c23.O=C1c2cccc3cccc(c23)C(=O)N1c1ccc(Cl)cc1[N+](=O)[O-].O=c1c2cccc3cccc(c32)c2nc3cc(Cl)ccc3n12. The third kappa shape index (κ3) is 11.1. The summed E-state index contributed by atoms with van der Waals surface area (Å²) in [5.41, 5.74) is 16.1. The quantitative estimate of drug-likeness (QED) is 0.0413. The zero-order chi connectivity index (χ0) is 67.5. The normalized spacial score (nSPS) is 12.8. The average Bonchev–Trinajstić information content (AvgIpc) is 1.24. The van der Waals surface area contributed by atoms with Crippen LogP contribution in [0.3, 0.4) is 0 Å². The lowest BCUT2D eigenvalue weighted by atomic mass is 9.93. The van der Waals surface area contributed by atoms with Gasteiger partial charge in [-0.3, -0.25) is 48.6 Å². The van der Waals surface area contributed by atoms with Crippen molar-refractivity contribution in [1.82, 2.24) is 9.38 Å². The number of nitrogens with two attached hydrogens (primary N) is 2. The van der Waals surface area contributed by atoms with Gasteiger partial charge in [-0.2, -0.15) is 0 Å². The van der Waals surface area contributed by atoms with Crippen molar-refractivity contribution < 1.29 is 43.4 Å². The molecule has 3 aliphatic heterocycles. The first-order valence-corrected chi connectivity index (χ1v) is 30.2. The molecular formula is C72H40Cl4N8O12. The fourth-order valence-electron chi connectivity index (χ4n) is 11.9. The van der Waals surface area contributed by atoms with Crippen LogP contribution in [0.25, 0.3) is 70.5 Å². The lowest BCUT2D eigenvalue weighted by Gasteiger charge is -2.28. The average molecular weight is 1350 g/mol. The van der Waals surface area contributed by atoms with Gasteiger partial charge in [0.1, 0.15) is 17.0 Å². The van der Waals surface area contributed by atoms with E-state index < -0.39 is 39.3 Å². The molecule has 2 aromatic heterocycles. The summed E-state index contributed by atoms with van der Waals surface area (Å²) in [4.78, 5) is 114. The topological polar surface area (TPSA) is 291 Å². The molecule has 4 N–H and O–H groups in total. The second kappa shape index (κ2) is 25.0. The van der Waals surface area contributed by atoms with Crippen molar-refractivity contribution in [3.8, 4) is 0 Å². The molecule has 96 heavy (non-hydrogen) atoms. The number of benzene rings is 12. The summed E-state index contributed by atoms with van der Waals surface area (Å²) in [6.45, 7) is 0. The highest BCUT2D eigenvalue weighted by Crippen LogP contribution is 2.40. The first-order chi connectivity index (χ1) is 46.2. The number of hydrogen-bond donors (Lipinski definition) is 2. The molecule has 20 nitrogen and oxygen atoms in total. The lowest BCUT2D eigenvalue weighted by molar-refractivity contribution is -0.384. The lowest BCUT2D eigenvalue weighted by Crippen LogP contribution is -2.40. The Morgan fingerprint density at radius 3 is 1.23 bits per heavy atom. The molecule has 0 saturated carbocycles. The molecule has 0 spiro atoms. The summed E-state index contributed by atoms with van der Waals surface area (Å²) >= 11 is 23.3. The van der Waals surface area contributed by atoms with E-state index in [4.69, 9.17) is 57.9 Å². The van der Waals surface area contributed by atoms with E-state index in [-0.39, 0.29) is 45.1 Å². The van der Waals surface area contributed by atoms with Crippen LogP contribution in [0.5, 0.6) is 0 Å². The van der Waals surface area contributed by atoms with Gasteiger partial charge >= 0.3 is 11.9 Å². The monoisotopic (exact) mass is 1350 g/mol. The number of imide groups is 2. The predicted octanol–water partition coefficient (Wildman–Crippen LogP) is 16.3. The van der Waals surface area contributed by atoms with Gasteiger partial charge in [0.25, 0.3) is 40.6 Å². The fraction of sp³-hybridized carbons (Fsp3) is 0. The summed E-state index contributed by atoms with van der Waals surface area (Å²) < 4.78 is 6.31. The minimum atomic E-state index is -0.664. The second-order valence-corrected chi connectivity index (χ2v) is 23.4. The number of rotatable bonds is 4. The van der Waals surface area contributed by atoms with E-state index in [2.05, 4.69) is 9.72 Å². The number of esters is 2. The molecule has 0 fully saturated rings. The zero-order valence-electron chi connectivity index (χ0n) is 49.0. The third-order valence-corrected chi connectivity index (χ3v) is 17.0. The highest BCUT2D eigenvalue weighted by atomic mass is 35.5. The molecule has 24 heteroatoms. The maximum atomic E-state index is 12.9. The highest BCUT2D eigenvalue weighted by molar-refractivity contribution is 6.38. The van der Waals surface area contributed by atoms with Crippen LogP contribution in [0, 0.1) is 20.2 Å². The smallest absolute Gasteiger partial charge is 0.346 e. The molecular weight excluding hydrogens is 1310 g/mol. The van der Waals surface area contributed by atoms with Crippen molar-refractivity contribution in [3.63, 3.8) is 0 Å². The summed E-state index contributed by atoms with van der Waals surface area (Å²) in [6.07, 6.45) is 0. The van der Waals surface area contributed by atoms with E-state index in [1.54, 1.807) is 101 Å². The van der Waals surface area contributed by atoms with Gasteiger partial charge in [-0.05, 0) is 125 Å². The van der Waals surface area contributed by atoms with Crippen molar-refractivity contribution in [1.29, 1.82) is 0 Å². The molecule has 3 aliphatic rings. The van der Waals surface area contributed by atoms with Gasteiger partial charge in [0, 0.05) is 86.8 Å². The van der Waals surface area contributed by atoms with Crippen molar-refractivity contribution in [2.45, 2.75) is 0 Å². The number of hydrogen-bond acceptors (Lipinski definition) is 15. The number of nitrogen functional groups attached to an aromatic ring is 2. The Balaban J connectivity index is 0.000000111. The summed E-state index contributed by atoms with van der Waals surface area (Å²) in [5.74, 6) is -3.09. The van der Waals surface area contributed by atoms with E-state index in [0.29, 0.717) is 75.9 Å². The van der Waals surface area contributed by atoms with Gasteiger partial charge in [0.2, 0.25) is 0 Å². The molecule has 17 rings (SSSR count). The molecule has 0 radical (unpaired) electrons. The van der Waals surface area contributed by atoms with Crippen molar-refractivity contribution in [2.75, 3.05) is 21.3 Å². The van der Waals surface area contributed by atoms with Gasteiger partial charge in [-0.15, -0.1) is 0 Å². The molecule has 14 aromatic rings. The van der Waals surface area contributed by atoms with Gasteiger partial charge in [-0.1, -0.05) is 150 Å². The Labute approximate surface area is 559 Å². The summed E-state index contributed by atoms with van der Waals surface area (Å²) in [6, 6.07) is 61.6. The number of ether oxygens (including phenoxy) is 1. The molecule has 0 aliphatic carbocycles. The zero-order valence-corrected chi connectivity index (χ0v) is 52.1. The van der Waals surface area contributed by atoms with Crippen LogP contribution in [-0.2, 0) is 4.74 Å². The van der Waals surface area contributed by atoms with Crippen LogP contribution < -0.4 is 26.8 Å². The number of carbonyl (C=O) groups is 6. The first-order valence-electron chi connectivity index (χ1n) is 28.7. The number of cyclic esters (lactones) is 2. The minimum Gasteiger partial charge on any atom is -0.397 e. The highest BCUT2D eigenvalue weighted by Gasteiger charge is 2.38. The number of pyridine rings is 1. The fourth-order valence-corrected chi connectivity index (χ4v) is 12.6. The summed E-state index contributed by atoms with van der Waals surface area (Å²) in [7, 11) is 0. The van der Waals surface area contributed by atoms with Crippen LogP contribution in [0.1, 0.15) is 62.1 Å². The van der Waals surface area contributed by atoms with Gasteiger partial charge in [0.05, 0.1) is 43.4 Å². The Kier molecular flexibility index (Phi) is 16.3. The second-order valence-electron chi connectivity index (χ2n) is 21.7. The number of anilines is 4. The van der Waals surface area contributed by atoms with Crippen LogP contribution in [0.4, 0.5) is 34.1 Å². The van der Waals surface area contributed by atoms with Crippen LogP contribution in [0.15, 0.2) is 223 Å². The molecule has 0 atom stereocenters. The standard InChI is InChI=1S/C18H9ClN2O4.C18H11ClN2O2.C18H9ClN2O.C12H6O3.C6H5ClN2O2/c19-11-7-8-14(15(9-11)21(24)25)20-17(22)12-5-1-3-10-4-2-6-13(16(10)12)18(20)23;19-11-7-8-15(14(20)9-11)21-17(22)12-5-1-3-10-4-2-6-13(16(10)12)18(21)23;19-11-7-8-15-14(9-11)20-17-12-5-1-3-10-4-2-6-13(16(10)12)18(22)21(15)17;13-11-8-5-1-3-7-4-2-6-9(10(7)8)12(14)15-11;7-4-1-2-5(8)6(3-4)9(10)11/h1-9H;1-9H,20H2;1-9H;1-6H;1-3H,8H2. The number of carbonyl (C=O) groups excluding carboxylic acids is 6. The largest absolute Gasteiger partial charge is 0.397 e. The molecule has 12 aromatic carbocycles. The third-order valence-electron chi connectivity index (χ3n) is 16.1. The Bertz CT molecular complexity index is 5670. The van der Waals surface area contributed by atoms with Crippen LogP contribution in [-0.4, -0.2) is 54.8 Å². The molecule has 0 unspecified atom stereocenters. The summed E-state index contributed by atoms with van der Waals surface area (Å²) in [5, 5.41) is 31.3. The number of imidazole rings is 1. The number of nitro groups is 2. The number of nitrogens with zero attached hydrogens (tertiary/aromatic N) is 6. The van der Waals surface area contributed by atoms with Crippen molar-refractivity contribution in [2.24, 2.45) is 0 Å². The van der Waals surface area contributed by atoms with E-state index in [9.17, 15) is 53.8 Å². The van der Waals surface area contributed by atoms with E-state index in [1.165, 1.54) is 36.4 Å². The van der Waals surface area contributed by atoms with Crippen LogP contribution in [0.2, 0.25) is 20.1 Å². The Morgan fingerprint density at radius 2 is 0.760 bits per heavy atom. The van der Waals surface area contributed by atoms with E-state index in [0.717, 1.165) is 64.6 Å². The van der Waals surface area contributed by atoms with Gasteiger partial charge in [0.15, 0.2) is 0 Å². The molecule has 468 valence electrons. The van der Waals surface area contributed by atoms with E-state index >= 15 is 0 Å². The predicted molar refractivity (Wildman–Crippen MR) is 371 cm³/mol. The van der Waals surface area contributed by atoms with E-state index in [1.807, 2.05) is 78.9 Å². The molecule has 5 heterocycles. The Morgan fingerprint density at radius 1 is 0.385 bits per heavy atom. The first kappa shape index (κ1) is 62.6. The molecule has 0 saturated heterocycles. The molecule has 4 amide bonds. The minimum absolute atomic E-state index is 0.0378. The van der Waals surface area contributed by atoms with Gasteiger partial charge in [-0.25, -0.2) is 24.4 Å². The van der Waals surface area contributed by atoms with Gasteiger partial charge < -0.3 is 16.2 Å². The number of amides is 4.